The van der Waals surface area contributed by atoms with Gasteiger partial charge in [0.1, 0.15) is 18.5 Å². The Morgan fingerprint density at radius 1 is 1.19 bits per heavy atom. The van der Waals surface area contributed by atoms with Crippen LogP contribution in [0.3, 0.4) is 0 Å². The molecular weight excluding hydrogens is 413 g/mol. The van der Waals surface area contributed by atoms with Gasteiger partial charge in [-0.15, -0.1) is 0 Å². The first-order valence-corrected chi connectivity index (χ1v) is 9.39. The summed E-state index contributed by atoms with van der Waals surface area (Å²) >= 11 is 0. The topological polar surface area (TPSA) is 89.3 Å². The van der Waals surface area contributed by atoms with Gasteiger partial charge in [0.15, 0.2) is 5.82 Å². The number of amides is 1. The molecule has 0 saturated carbocycles. The first-order valence-electron chi connectivity index (χ1n) is 9.39. The number of ether oxygens (including phenoxy) is 1. The first-order chi connectivity index (χ1) is 14.6. The molecule has 0 aliphatic heterocycles. The van der Waals surface area contributed by atoms with Crippen LogP contribution < -0.4 is 10.1 Å². The van der Waals surface area contributed by atoms with Gasteiger partial charge in [-0.05, 0) is 56.3 Å². The lowest BCUT2D eigenvalue weighted by atomic mass is 10.2. The lowest BCUT2D eigenvalue weighted by molar-refractivity contribution is -0.137. The van der Waals surface area contributed by atoms with E-state index < -0.39 is 23.8 Å². The molecule has 10 heteroatoms. The average molecular weight is 434 g/mol. The van der Waals surface area contributed by atoms with Gasteiger partial charge in [0.05, 0.1) is 16.8 Å². The number of hydrogen-bond acceptors (Lipinski definition) is 5. The third kappa shape index (κ3) is 5.82. The largest absolute Gasteiger partial charge is 0.491 e. The summed E-state index contributed by atoms with van der Waals surface area (Å²) in [5.74, 6) is 0.329. The fraction of sp³-hybridized carbons (Fsp3) is 0.286. The Kier molecular flexibility index (Phi) is 6.59. The minimum atomic E-state index is -4.43. The van der Waals surface area contributed by atoms with E-state index in [1.54, 1.807) is 16.8 Å². The maximum atomic E-state index is 12.5. The molecule has 164 valence electrons. The number of aromatic nitrogens is 3. The number of hydrogen-bond donors (Lipinski definition) is 2. The average Bonchev–Trinajstić information content (AvgIpc) is 3.08. The number of aliphatic hydroxyl groups is 1. The molecule has 31 heavy (non-hydrogen) atoms. The van der Waals surface area contributed by atoms with Gasteiger partial charge in [-0.2, -0.15) is 18.3 Å². The normalized spacial score (nSPS) is 12.5. The van der Waals surface area contributed by atoms with Crippen molar-refractivity contribution in [3.05, 3.63) is 71.2 Å². The summed E-state index contributed by atoms with van der Waals surface area (Å²) in [6, 6.07) is 9.31. The predicted octanol–water partition coefficient (Wildman–Crippen LogP) is 3.07. The van der Waals surface area contributed by atoms with Crippen molar-refractivity contribution in [3.8, 4) is 11.6 Å². The second-order valence-electron chi connectivity index (χ2n) is 6.94. The van der Waals surface area contributed by atoms with Crippen LogP contribution in [0.1, 0.15) is 27.3 Å². The van der Waals surface area contributed by atoms with Gasteiger partial charge in [-0.3, -0.25) is 4.79 Å². The molecule has 0 aliphatic rings. The number of benzene rings is 1. The number of nitrogens with one attached hydrogen (secondary N) is 1. The van der Waals surface area contributed by atoms with Gasteiger partial charge in [0.2, 0.25) is 0 Å². The highest BCUT2D eigenvalue weighted by molar-refractivity contribution is 5.93. The van der Waals surface area contributed by atoms with Crippen molar-refractivity contribution in [1.29, 1.82) is 0 Å². The van der Waals surface area contributed by atoms with Crippen LogP contribution in [0, 0.1) is 13.8 Å². The number of pyridine rings is 1. The molecule has 0 bridgehead atoms. The number of nitrogens with zero attached hydrogens (tertiary/aromatic N) is 3. The van der Waals surface area contributed by atoms with Gasteiger partial charge >= 0.3 is 6.18 Å². The molecule has 2 N–H and O–H groups in total. The van der Waals surface area contributed by atoms with E-state index in [2.05, 4.69) is 15.4 Å². The molecule has 7 nitrogen and oxygen atoms in total. The van der Waals surface area contributed by atoms with Crippen LogP contribution in [0.4, 0.5) is 13.2 Å². The molecule has 3 aromatic rings. The molecule has 0 fully saturated rings. The van der Waals surface area contributed by atoms with Gasteiger partial charge in [0.25, 0.3) is 5.91 Å². The number of carbonyl (C=O) groups is 1. The van der Waals surface area contributed by atoms with Crippen molar-refractivity contribution in [2.75, 3.05) is 13.2 Å². The summed E-state index contributed by atoms with van der Waals surface area (Å²) in [6.07, 6.45) is -4.06. The van der Waals surface area contributed by atoms with Crippen LogP contribution in [0.2, 0.25) is 0 Å². The summed E-state index contributed by atoms with van der Waals surface area (Å²) in [6.45, 7) is 3.48. The van der Waals surface area contributed by atoms with Crippen molar-refractivity contribution >= 4 is 5.91 Å². The zero-order chi connectivity index (χ0) is 22.6. The lowest BCUT2D eigenvalue weighted by Gasteiger charge is -2.14. The van der Waals surface area contributed by atoms with Crippen LogP contribution >= 0.6 is 0 Å². The highest BCUT2D eigenvalue weighted by atomic mass is 19.4. The van der Waals surface area contributed by atoms with Crippen molar-refractivity contribution in [3.63, 3.8) is 0 Å². The predicted molar refractivity (Wildman–Crippen MR) is 106 cm³/mol. The maximum Gasteiger partial charge on any atom is 0.416 e. The van der Waals surface area contributed by atoms with Gasteiger partial charge < -0.3 is 15.2 Å². The Morgan fingerprint density at radius 2 is 1.90 bits per heavy atom. The monoisotopic (exact) mass is 434 g/mol. The minimum absolute atomic E-state index is 0.0985. The molecule has 2 heterocycles. The van der Waals surface area contributed by atoms with E-state index in [-0.39, 0.29) is 18.9 Å². The standard InChI is InChI=1S/C21H21F3N4O3/c1-13-9-14(2)28(27-13)19-8-3-15(10-25-19)20(30)26-11-17(29)12-31-18-6-4-16(5-7-18)21(22,23)24/h3-10,17,29H,11-12H2,1-2H3,(H,26,30). The number of rotatable bonds is 7. The fourth-order valence-electron chi connectivity index (χ4n) is 2.81. The van der Waals surface area contributed by atoms with E-state index >= 15 is 0 Å². The zero-order valence-electron chi connectivity index (χ0n) is 16.8. The Morgan fingerprint density at radius 3 is 2.45 bits per heavy atom. The van der Waals surface area contributed by atoms with Crippen LogP contribution in [-0.2, 0) is 6.18 Å². The van der Waals surface area contributed by atoms with Crippen molar-refractivity contribution < 1.29 is 27.8 Å². The molecule has 3 rings (SSSR count). The third-order valence-electron chi connectivity index (χ3n) is 4.36. The molecule has 2 aromatic heterocycles. The number of halogens is 3. The number of alkyl halides is 3. The van der Waals surface area contributed by atoms with E-state index in [4.69, 9.17) is 4.74 Å². The second-order valence-corrected chi connectivity index (χ2v) is 6.94. The molecule has 0 aliphatic carbocycles. The molecule has 1 aromatic carbocycles. The van der Waals surface area contributed by atoms with Crippen LogP contribution in [0.25, 0.3) is 5.82 Å². The van der Waals surface area contributed by atoms with E-state index in [9.17, 15) is 23.1 Å². The first kappa shape index (κ1) is 22.3. The lowest BCUT2D eigenvalue weighted by Crippen LogP contribution is -2.35. The summed E-state index contributed by atoms with van der Waals surface area (Å²) in [4.78, 5) is 16.5. The number of carbonyl (C=O) groups excluding carboxylic acids is 1. The molecule has 0 radical (unpaired) electrons. The Hall–Kier alpha value is -3.40. The Bertz CT molecular complexity index is 1030. The fourth-order valence-corrected chi connectivity index (χ4v) is 2.81. The summed E-state index contributed by atoms with van der Waals surface area (Å²) < 4.78 is 44.6. The van der Waals surface area contributed by atoms with Crippen molar-refractivity contribution in [1.82, 2.24) is 20.1 Å². The molecular formula is C21H21F3N4O3. The summed E-state index contributed by atoms with van der Waals surface area (Å²) in [5.41, 5.74) is 1.29. The zero-order valence-corrected chi connectivity index (χ0v) is 16.8. The molecule has 0 spiro atoms. The Balaban J connectivity index is 1.48. The molecule has 0 saturated heterocycles. The summed E-state index contributed by atoms with van der Waals surface area (Å²) in [7, 11) is 0. The highest BCUT2D eigenvalue weighted by Crippen LogP contribution is 2.30. The minimum Gasteiger partial charge on any atom is -0.491 e. The SMILES string of the molecule is Cc1cc(C)n(-c2ccc(C(=O)NCC(O)COc3ccc(C(F)(F)F)cc3)cn2)n1. The smallest absolute Gasteiger partial charge is 0.416 e. The quantitative estimate of drug-likeness (QED) is 0.597. The van der Waals surface area contributed by atoms with E-state index in [1.807, 2.05) is 19.9 Å². The van der Waals surface area contributed by atoms with E-state index in [1.165, 1.54) is 18.3 Å². The number of aliphatic hydroxyl groups excluding tert-OH is 1. The van der Waals surface area contributed by atoms with Gasteiger partial charge in [-0.25, -0.2) is 9.67 Å². The maximum absolute atomic E-state index is 12.5. The van der Waals surface area contributed by atoms with E-state index in [0.29, 0.717) is 11.4 Å². The summed E-state index contributed by atoms with van der Waals surface area (Å²) in [5, 5.41) is 16.9. The molecule has 1 unspecified atom stereocenters. The van der Waals surface area contributed by atoms with Gasteiger partial charge in [-0.1, -0.05) is 0 Å². The molecule has 1 amide bonds. The van der Waals surface area contributed by atoms with Crippen LogP contribution in [0.5, 0.6) is 5.75 Å². The Labute approximate surface area is 176 Å². The van der Waals surface area contributed by atoms with Gasteiger partial charge in [0, 0.05) is 18.4 Å². The van der Waals surface area contributed by atoms with Crippen molar-refractivity contribution in [2.45, 2.75) is 26.1 Å². The van der Waals surface area contributed by atoms with Crippen LogP contribution in [0.15, 0.2) is 48.7 Å². The molecule has 1 atom stereocenters. The van der Waals surface area contributed by atoms with Crippen molar-refractivity contribution in [2.24, 2.45) is 0 Å². The number of aryl methyl sites for hydroxylation is 2. The van der Waals surface area contributed by atoms with Crippen LogP contribution in [-0.4, -0.2) is 45.0 Å². The van der Waals surface area contributed by atoms with E-state index in [0.717, 1.165) is 23.5 Å². The third-order valence-corrected chi connectivity index (χ3v) is 4.36. The second kappa shape index (κ2) is 9.17. The highest BCUT2D eigenvalue weighted by Gasteiger charge is 2.30.